The van der Waals surface area contributed by atoms with Gasteiger partial charge in [-0.1, -0.05) is 12.1 Å². The Morgan fingerprint density at radius 3 is 2.44 bits per heavy atom. The first-order valence-corrected chi connectivity index (χ1v) is 5.44. The molecule has 5 heteroatoms. The van der Waals surface area contributed by atoms with Gasteiger partial charge < -0.3 is 4.74 Å². The zero-order valence-electron chi connectivity index (χ0n) is 8.56. The lowest BCUT2D eigenvalue weighted by Gasteiger charge is -2.13. The van der Waals surface area contributed by atoms with E-state index in [1.54, 1.807) is 0 Å². The van der Waals surface area contributed by atoms with Crippen molar-refractivity contribution in [3.05, 3.63) is 29.8 Å². The normalized spacial score (nSPS) is 11.5. The van der Waals surface area contributed by atoms with E-state index in [-0.39, 0.29) is 12.4 Å². The molecule has 0 aliphatic heterocycles. The van der Waals surface area contributed by atoms with E-state index in [0.717, 1.165) is 12.5 Å². The molecule has 0 saturated carbocycles. The van der Waals surface area contributed by atoms with Crippen molar-refractivity contribution in [2.75, 3.05) is 12.5 Å². The minimum Gasteiger partial charge on any atom is -0.493 e. The fourth-order valence-electron chi connectivity index (χ4n) is 1.21. The first kappa shape index (κ1) is 13.2. The van der Waals surface area contributed by atoms with Gasteiger partial charge >= 0.3 is 6.18 Å². The highest BCUT2D eigenvalue weighted by molar-refractivity contribution is 6.17. The zero-order chi connectivity index (χ0) is 12.0. The van der Waals surface area contributed by atoms with E-state index >= 15 is 0 Å². The highest BCUT2D eigenvalue weighted by atomic mass is 35.5. The molecule has 0 amide bonds. The molecule has 1 nitrogen and oxygen atoms in total. The van der Waals surface area contributed by atoms with Gasteiger partial charge in [0.1, 0.15) is 5.75 Å². The van der Waals surface area contributed by atoms with Crippen LogP contribution < -0.4 is 4.74 Å². The minimum absolute atomic E-state index is 0.121. The smallest absolute Gasteiger partial charge is 0.419 e. The number of para-hydroxylation sites is 1. The predicted octanol–water partition coefficient (Wildman–Crippen LogP) is 4.10. The molecule has 0 spiro atoms. The molecule has 90 valence electrons. The summed E-state index contributed by atoms with van der Waals surface area (Å²) in [5.74, 6) is 0.370. The molecule has 0 aromatic heterocycles. The van der Waals surface area contributed by atoms with Crippen molar-refractivity contribution < 1.29 is 17.9 Å². The molecule has 1 aromatic rings. The highest BCUT2D eigenvalue weighted by Gasteiger charge is 2.33. The fourth-order valence-corrected chi connectivity index (χ4v) is 1.39. The van der Waals surface area contributed by atoms with Crippen LogP contribution in [0.5, 0.6) is 5.75 Å². The topological polar surface area (TPSA) is 9.23 Å². The summed E-state index contributed by atoms with van der Waals surface area (Å²) < 4.78 is 42.7. The van der Waals surface area contributed by atoms with Gasteiger partial charge in [0.05, 0.1) is 12.2 Å². The molecule has 0 unspecified atom stereocenters. The highest BCUT2D eigenvalue weighted by Crippen LogP contribution is 2.35. The van der Waals surface area contributed by atoms with Crippen LogP contribution in [0.2, 0.25) is 0 Å². The van der Waals surface area contributed by atoms with Crippen LogP contribution in [0.25, 0.3) is 0 Å². The standard InChI is InChI=1S/C11H12ClF3O/c12-7-3-4-8-16-10-6-2-1-5-9(10)11(13,14)15/h1-2,5-6H,3-4,7-8H2. The van der Waals surface area contributed by atoms with Gasteiger partial charge in [-0.15, -0.1) is 11.6 Å². The van der Waals surface area contributed by atoms with Crippen molar-refractivity contribution in [3.8, 4) is 5.75 Å². The lowest BCUT2D eigenvalue weighted by atomic mass is 10.2. The van der Waals surface area contributed by atoms with E-state index < -0.39 is 11.7 Å². The maximum Gasteiger partial charge on any atom is 0.419 e. The molecule has 1 rings (SSSR count). The number of rotatable bonds is 5. The number of hydrogen-bond acceptors (Lipinski definition) is 1. The summed E-state index contributed by atoms with van der Waals surface area (Å²) >= 11 is 5.45. The third-order valence-corrected chi connectivity index (χ3v) is 2.25. The fraction of sp³-hybridized carbons (Fsp3) is 0.455. The molecule has 0 N–H and O–H groups in total. The third-order valence-electron chi connectivity index (χ3n) is 1.98. The maximum atomic E-state index is 12.5. The molecule has 0 radical (unpaired) electrons. The summed E-state index contributed by atoms with van der Waals surface area (Å²) in [6.45, 7) is 0.250. The van der Waals surface area contributed by atoms with Gasteiger partial charge in [0.15, 0.2) is 0 Å². The predicted molar refractivity (Wildman–Crippen MR) is 56.9 cm³/mol. The summed E-state index contributed by atoms with van der Waals surface area (Å²) in [5.41, 5.74) is -0.735. The van der Waals surface area contributed by atoms with Gasteiger partial charge in [-0.2, -0.15) is 13.2 Å². The number of alkyl halides is 4. The second-order valence-electron chi connectivity index (χ2n) is 3.24. The van der Waals surface area contributed by atoms with Crippen molar-refractivity contribution in [1.82, 2.24) is 0 Å². The molecule has 0 atom stereocenters. The van der Waals surface area contributed by atoms with Crippen LogP contribution in [0.1, 0.15) is 18.4 Å². The van der Waals surface area contributed by atoms with E-state index in [2.05, 4.69) is 0 Å². The largest absolute Gasteiger partial charge is 0.493 e. The van der Waals surface area contributed by atoms with Crippen molar-refractivity contribution in [1.29, 1.82) is 0 Å². The average molecular weight is 253 g/mol. The van der Waals surface area contributed by atoms with Crippen LogP contribution in [-0.2, 0) is 6.18 Å². The first-order chi connectivity index (χ1) is 7.55. The van der Waals surface area contributed by atoms with Crippen LogP contribution >= 0.6 is 11.6 Å². The Kier molecular flexibility index (Phi) is 4.93. The van der Waals surface area contributed by atoms with Crippen molar-refractivity contribution in [2.24, 2.45) is 0 Å². The third kappa shape index (κ3) is 3.93. The molecule has 0 heterocycles. The summed E-state index contributed by atoms with van der Waals surface area (Å²) in [4.78, 5) is 0. The van der Waals surface area contributed by atoms with Crippen LogP contribution in [0.3, 0.4) is 0 Å². The van der Waals surface area contributed by atoms with Crippen molar-refractivity contribution in [2.45, 2.75) is 19.0 Å². The summed E-state index contributed by atoms with van der Waals surface area (Å²) in [6.07, 6.45) is -2.99. The van der Waals surface area contributed by atoms with Gasteiger partial charge in [0.2, 0.25) is 0 Å². The van der Waals surface area contributed by atoms with Gasteiger partial charge in [-0.05, 0) is 25.0 Å². The molecule has 0 aliphatic rings. The van der Waals surface area contributed by atoms with Crippen LogP contribution in [0, 0.1) is 0 Å². The average Bonchev–Trinajstić information content (AvgIpc) is 2.24. The Hall–Kier alpha value is -0.900. The molecule has 16 heavy (non-hydrogen) atoms. The van der Waals surface area contributed by atoms with E-state index in [9.17, 15) is 13.2 Å². The maximum absolute atomic E-state index is 12.5. The Labute approximate surface area is 97.2 Å². The molecular formula is C11H12ClF3O. The number of ether oxygens (including phenoxy) is 1. The van der Waals surface area contributed by atoms with Crippen molar-refractivity contribution in [3.63, 3.8) is 0 Å². The Bertz CT molecular complexity index is 325. The summed E-state index contributed by atoms with van der Waals surface area (Å²) in [5, 5.41) is 0. The second kappa shape index (κ2) is 5.99. The number of halogens is 4. The van der Waals surface area contributed by atoms with Crippen LogP contribution in [0.4, 0.5) is 13.2 Å². The quantitative estimate of drug-likeness (QED) is 0.566. The van der Waals surface area contributed by atoms with E-state index in [4.69, 9.17) is 16.3 Å². The number of unbranched alkanes of at least 4 members (excludes halogenated alkanes) is 1. The monoisotopic (exact) mass is 252 g/mol. The first-order valence-electron chi connectivity index (χ1n) is 4.90. The molecule has 0 aliphatic carbocycles. The molecule has 0 bridgehead atoms. The number of benzene rings is 1. The second-order valence-corrected chi connectivity index (χ2v) is 3.62. The van der Waals surface area contributed by atoms with Crippen LogP contribution in [-0.4, -0.2) is 12.5 Å². The van der Waals surface area contributed by atoms with Crippen LogP contribution in [0.15, 0.2) is 24.3 Å². The van der Waals surface area contributed by atoms with E-state index in [1.165, 1.54) is 18.2 Å². The summed E-state index contributed by atoms with van der Waals surface area (Å²) in [6, 6.07) is 5.20. The SMILES string of the molecule is FC(F)(F)c1ccccc1OCCCCCl. The number of hydrogen-bond donors (Lipinski definition) is 0. The molecular weight excluding hydrogens is 241 g/mol. The molecule has 0 saturated heterocycles. The van der Waals surface area contributed by atoms with E-state index in [1.807, 2.05) is 0 Å². The Morgan fingerprint density at radius 2 is 1.81 bits per heavy atom. The Morgan fingerprint density at radius 1 is 1.12 bits per heavy atom. The van der Waals surface area contributed by atoms with Gasteiger partial charge in [0.25, 0.3) is 0 Å². The lowest BCUT2D eigenvalue weighted by Crippen LogP contribution is -2.09. The minimum atomic E-state index is -4.37. The van der Waals surface area contributed by atoms with Gasteiger partial charge in [-0.25, -0.2) is 0 Å². The lowest BCUT2D eigenvalue weighted by molar-refractivity contribution is -0.138. The molecule has 0 fully saturated rings. The van der Waals surface area contributed by atoms with E-state index in [0.29, 0.717) is 12.3 Å². The van der Waals surface area contributed by atoms with Crippen molar-refractivity contribution >= 4 is 11.6 Å². The summed E-state index contributed by atoms with van der Waals surface area (Å²) in [7, 11) is 0. The molecule has 1 aromatic carbocycles. The van der Waals surface area contributed by atoms with Gasteiger partial charge in [-0.3, -0.25) is 0 Å². The van der Waals surface area contributed by atoms with Gasteiger partial charge in [0, 0.05) is 5.88 Å². The zero-order valence-corrected chi connectivity index (χ0v) is 9.31. The Balaban J connectivity index is 2.65.